The van der Waals surface area contributed by atoms with Gasteiger partial charge in [-0.3, -0.25) is 4.79 Å². The molecule has 0 aliphatic carbocycles. The number of rotatable bonds is 3. The highest BCUT2D eigenvalue weighted by Crippen LogP contribution is 2.41. The Hall–Kier alpha value is -1.90. The molecule has 1 amide bonds. The van der Waals surface area contributed by atoms with Gasteiger partial charge in [-0.2, -0.15) is 4.99 Å². The molecule has 146 valence electrons. The summed E-state index contributed by atoms with van der Waals surface area (Å²) in [6, 6.07) is 13.1. The van der Waals surface area contributed by atoms with Gasteiger partial charge >= 0.3 is 0 Å². The molecular weight excluding hydrogens is 423 g/mol. The third-order valence-corrected chi connectivity index (χ3v) is 8.18. The number of nitrogens with zero attached hydrogens (tertiary/aromatic N) is 2. The zero-order chi connectivity index (χ0) is 19.9. The van der Waals surface area contributed by atoms with Crippen LogP contribution < -0.4 is 4.90 Å². The highest BCUT2D eigenvalue weighted by atomic mass is 35.5. The fraction of sp³-hybridized carbons (Fsp3) is 0.263. The number of amidine groups is 1. The molecule has 4 rings (SSSR count). The summed E-state index contributed by atoms with van der Waals surface area (Å²) in [7, 11) is -3.19. The van der Waals surface area contributed by atoms with Crippen molar-refractivity contribution in [2.75, 3.05) is 16.4 Å². The molecule has 2 saturated heterocycles. The summed E-state index contributed by atoms with van der Waals surface area (Å²) in [6.07, 6.45) is 0.140. The molecule has 2 aliphatic rings. The number of amides is 1. The number of anilines is 1. The number of carbonyl (C=O) groups excluding carboxylic acids is 1. The summed E-state index contributed by atoms with van der Waals surface area (Å²) in [5, 5.41) is 0.129. The van der Waals surface area contributed by atoms with Crippen LogP contribution in [0.3, 0.4) is 0 Å². The number of benzene rings is 2. The van der Waals surface area contributed by atoms with Crippen molar-refractivity contribution in [3.63, 3.8) is 0 Å². The lowest BCUT2D eigenvalue weighted by Gasteiger charge is -2.24. The third kappa shape index (κ3) is 3.94. The third-order valence-electron chi connectivity index (χ3n) is 4.67. The number of halogens is 2. The number of sulfone groups is 1. The van der Waals surface area contributed by atoms with E-state index in [9.17, 15) is 17.6 Å². The van der Waals surface area contributed by atoms with Gasteiger partial charge in [-0.15, -0.1) is 0 Å². The van der Waals surface area contributed by atoms with Crippen molar-refractivity contribution >= 4 is 50.0 Å². The van der Waals surface area contributed by atoms with E-state index in [0.717, 1.165) is 5.56 Å². The van der Waals surface area contributed by atoms with E-state index in [-0.39, 0.29) is 40.1 Å². The lowest BCUT2D eigenvalue weighted by Crippen LogP contribution is -2.37. The molecule has 28 heavy (non-hydrogen) atoms. The summed E-state index contributed by atoms with van der Waals surface area (Å²) < 4.78 is 38.2. The minimum atomic E-state index is -3.19. The molecule has 0 radical (unpaired) electrons. The van der Waals surface area contributed by atoms with Crippen LogP contribution in [0.1, 0.15) is 5.56 Å². The summed E-state index contributed by atoms with van der Waals surface area (Å²) >= 11 is 7.03. The van der Waals surface area contributed by atoms with Gasteiger partial charge in [-0.05, 0) is 23.8 Å². The monoisotopic (exact) mass is 438 g/mol. The van der Waals surface area contributed by atoms with Crippen LogP contribution in [0.15, 0.2) is 53.5 Å². The van der Waals surface area contributed by atoms with Crippen LogP contribution >= 0.6 is 23.4 Å². The summed E-state index contributed by atoms with van der Waals surface area (Å²) in [6.45, 7) is 0. The van der Waals surface area contributed by atoms with Crippen LogP contribution in [0.25, 0.3) is 0 Å². The Morgan fingerprint density at radius 3 is 2.68 bits per heavy atom. The molecule has 0 saturated carbocycles. The highest BCUT2D eigenvalue weighted by Gasteiger charge is 2.49. The van der Waals surface area contributed by atoms with Crippen molar-refractivity contribution in [3.8, 4) is 0 Å². The maximum atomic E-state index is 14.0. The lowest BCUT2D eigenvalue weighted by atomic mass is 10.1. The predicted octanol–water partition coefficient (Wildman–Crippen LogP) is 3.32. The molecule has 0 aromatic heterocycles. The van der Waals surface area contributed by atoms with E-state index in [1.165, 1.54) is 23.9 Å². The molecule has 5 nitrogen and oxygen atoms in total. The Bertz CT molecular complexity index is 1060. The first kappa shape index (κ1) is 19.4. The normalized spacial score (nSPS) is 24.5. The van der Waals surface area contributed by atoms with Crippen molar-refractivity contribution in [2.45, 2.75) is 17.7 Å². The topological polar surface area (TPSA) is 66.8 Å². The summed E-state index contributed by atoms with van der Waals surface area (Å²) in [4.78, 5) is 18.4. The van der Waals surface area contributed by atoms with Gasteiger partial charge in [0.15, 0.2) is 15.0 Å². The van der Waals surface area contributed by atoms with Gasteiger partial charge in [0, 0.05) is 10.9 Å². The Morgan fingerprint density at radius 1 is 1.21 bits per heavy atom. The molecule has 2 aromatic rings. The van der Waals surface area contributed by atoms with Crippen molar-refractivity contribution < 1.29 is 17.6 Å². The molecular formula is C19H16ClFN2O3S2. The van der Waals surface area contributed by atoms with Crippen LogP contribution in [0.5, 0.6) is 0 Å². The Labute approximate surface area is 171 Å². The number of fused-ring (bicyclic) bond motifs is 1. The van der Waals surface area contributed by atoms with Crippen molar-refractivity contribution in [1.29, 1.82) is 0 Å². The van der Waals surface area contributed by atoms with Gasteiger partial charge in [-0.1, -0.05) is 53.7 Å². The quantitative estimate of drug-likeness (QED) is 0.735. The second-order valence-corrected chi connectivity index (χ2v) is 10.5. The average molecular weight is 439 g/mol. The molecule has 2 aromatic carbocycles. The van der Waals surface area contributed by atoms with Crippen molar-refractivity contribution in [2.24, 2.45) is 4.99 Å². The van der Waals surface area contributed by atoms with E-state index in [4.69, 9.17) is 11.6 Å². The van der Waals surface area contributed by atoms with Gasteiger partial charge in [0.2, 0.25) is 0 Å². The van der Waals surface area contributed by atoms with E-state index in [2.05, 4.69) is 4.99 Å². The van der Waals surface area contributed by atoms with Gasteiger partial charge < -0.3 is 4.90 Å². The number of thioether (sulfide) groups is 1. The molecule has 0 spiro atoms. The second-order valence-electron chi connectivity index (χ2n) is 6.72. The molecule has 0 N–H and O–H groups in total. The van der Waals surface area contributed by atoms with Gasteiger partial charge in [0.05, 0.1) is 29.0 Å². The predicted molar refractivity (Wildman–Crippen MR) is 110 cm³/mol. The maximum Gasteiger partial charge on any atom is 0.252 e. The van der Waals surface area contributed by atoms with Gasteiger partial charge in [0.1, 0.15) is 5.82 Å². The second kappa shape index (κ2) is 7.50. The van der Waals surface area contributed by atoms with Crippen LogP contribution in [0.4, 0.5) is 10.1 Å². The molecule has 2 fully saturated rings. The fourth-order valence-corrected chi connectivity index (χ4v) is 7.47. The van der Waals surface area contributed by atoms with Crippen molar-refractivity contribution in [3.05, 3.63) is 64.9 Å². The first-order valence-electron chi connectivity index (χ1n) is 8.59. The highest BCUT2D eigenvalue weighted by molar-refractivity contribution is 8.16. The van der Waals surface area contributed by atoms with Crippen LogP contribution in [0, 0.1) is 5.82 Å². The first-order chi connectivity index (χ1) is 13.3. The maximum absolute atomic E-state index is 14.0. The van der Waals surface area contributed by atoms with Crippen LogP contribution in [0.2, 0.25) is 5.02 Å². The minimum absolute atomic E-state index is 0.0147. The van der Waals surface area contributed by atoms with E-state index in [1.807, 2.05) is 30.3 Å². The summed E-state index contributed by atoms with van der Waals surface area (Å²) in [5.74, 6) is -0.985. The molecule has 2 aliphatic heterocycles. The van der Waals surface area contributed by atoms with E-state index in [1.54, 1.807) is 11.0 Å². The molecule has 9 heteroatoms. The molecule has 2 atom stereocenters. The largest absolute Gasteiger partial charge is 0.315 e. The van der Waals surface area contributed by atoms with Crippen molar-refractivity contribution in [1.82, 2.24) is 0 Å². The smallest absolute Gasteiger partial charge is 0.252 e. The van der Waals surface area contributed by atoms with Gasteiger partial charge in [0.25, 0.3) is 5.91 Å². The molecule has 0 bridgehead atoms. The zero-order valence-corrected chi connectivity index (χ0v) is 17.0. The van der Waals surface area contributed by atoms with Crippen LogP contribution in [-0.2, 0) is 21.1 Å². The lowest BCUT2D eigenvalue weighted by molar-refractivity contribution is -0.117. The number of hydrogen-bond donors (Lipinski definition) is 0. The van der Waals surface area contributed by atoms with Gasteiger partial charge in [-0.25, -0.2) is 12.8 Å². The number of aliphatic imine (C=N–C) groups is 1. The number of hydrogen-bond acceptors (Lipinski definition) is 4. The fourth-order valence-electron chi connectivity index (χ4n) is 3.42. The Balaban J connectivity index is 1.67. The first-order valence-corrected chi connectivity index (χ1v) is 11.7. The average Bonchev–Trinajstić information content (AvgIpc) is 3.09. The Kier molecular flexibility index (Phi) is 5.20. The Morgan fingerprint density at radius 2 is 1.96 bits per heavy atom. The molecule has 2 heterocycles. The van der Waals surface area contributed by atoms with E-state index < -0.39 is 15.7 Å². The number of carbonyl (C=O) groups is 1. The molecule has 0 unspecified atom stereocenters. The van der Waals surface area contributed by atoms with E-state index >= 15 is 0 Å². The van der Waals surface area contributed by atoms with Crippen LogP contribution in [-0.4, -0.2) is 42.3 Å². The standard InChI is InChI=1S/C19H16ClFN2O3S2/c20-14-7-6-13(9-15(14)21)23-16-10-28(25,26)11-17(16)27-19(23)22-18(24)8-12-4-2-1-3-5-12/h1-7,9,16-17H,8,10-11H2/t16-,17+/m0/s1. The SMILES string of the molecule is O=C(Cc1ccccc1)N=C1S[C@@H]2CS(=O)(=O)C[C@@H]2N1c1ccc(Cl)c(F)c1. The summed E-state index contributed by atoms with van der Waals surface area (Å²) in [5.41, 5.74) is 1.27. The van der Waals surface area contributed by atoms with E-state index in [0.29, 0.717) is 10.9 Å². The minimum Gasteiger partial charge on any atom is -0.315 e. The zero-order valence-electron chi connectivity index (χ0n) is 14.6.